The molecule has 1 spiro atoms. The van der Waals surface area contributed by atoms with Gasteiger partial charge in [-0.2, -0.15) is 0 Å². The molecule has 1 aliphatic carbocycles. The molecule has 1 aromatic heterocycles. The van der Waals surface area contributed by atoms with Crippen molar-refractivity contribution in [2.24, 2.45) is 5.41 Å². The number of carboxylic acids is 1. The van der Waals surface area contributed by atoms with Crippen LogP contribution in [0.4, 0.5) is 10.1 Å². The summed E-state index contributed by atoms with van der Waals surface area (Å²) in [6, 6.07) is 14.5. The largest absolute Gasteiger partial charge is 0.493 e. The summed E-state index contributed by atoms with van der Waals surface area (Å²) in [5.74, 6) is -0.304. The van der Waals surface area contributed by atoms with Crippen molar-refractivity contribution < 1.29 is 19.0 Å². The van der Waals surface area contributed by atoms with E-state index >= 15 is 0 Å². The molecule has 2 aromatic carbocycles. The van der Waals surface area contributed by atoms with Crippen molar-refractivity contribution in [3.05, 3.63) is 76.9 Å². The van der Waals surface area contributed by atoms with E-state index in [2.05, 4.69) is 4.90 Å². The Morgan fingerprint density at radius 3 is 2.41 bits per heavy atom. The normalized spacial score (nSPS) is 16.5. The number of hydrogen-bond acceptors (Lipinski definition) is 4. The van der Waals surface area contributed by atoms with Crippen LogP contribution in [0.5, 0.6) is 5.75 Å². The van der Waals surface area contributed by atoms with Gasteiger partial charge in [-0.25, -0.2) is 4.39 Å². The van der Waals surface area contributed by atoms with Crippen molar-refractivity contribution in [2.75, 3.05) is 24.6 Å². The molecule has 1 saturated carbocycles. The number of nitrogens with zero attached hydrogens (tertiary/aromatic N) is 2. The number of aromatic nitrogens is 1. The summed E-state index contributed by atoms with van der Waals surface area (Å²) in [6.45, 7) is 6.38. The number of carbonyl (C=O) groups is 1. The Balaban J connectivity index is 1.42. The number of ether oxygens (including phenoxy) is 1. The summed E-state index contributed by atoms with van der Waals surface area (Å²) in [5, 5.41) is 9.73. The third-order valence-corrected chi connectivity index (χ3v) is 8.12. The molecule has 1 saturated heterocycles. The molecule has 194 valence electrons. The highest BCUT2D eigenvalue weighted by Gasteiger charge is 2.41. The molecule has 0 radical (unpaired) electrons. The molecule has 2 heterocycles. The van der Waals surface area contributed by atoms with E-state index in [9.17, 15) is 14.3 Å². The average Bonchev–Trinajstić information content (AvgIpc) is 3.51. The lowest BCUT2D eigenvalue weighted by molar-refractivity contribution is -0.136. The minimum Gasteiger partial charge on any atom is -0.493 e. The van der Waals surface area contributed by atoms with Gasteiger partial charge in [0.1, 0.15) is 11.6 Å². The Bertz CT molecular complexity index is 1270. The fourth-order valence-electron chi connectivity index (χ4n) is 6.24. The molecule has 5 nitrogen and oxygen atoms in total. The van der Waals surface area contributed by atoms with E-state index in [-0.39, 0.29) is 12.2 Å². The first-order valence-corrected chi connectivity index (χ1v) is 13.3. The molecule has 0 amide bonds. The van der Waals surface area contributed by atoms with Crippen molar-refractivity contribution >= 4 is 11.7 Å². The predicted octanol–water partition coefficient (Wildman–Crippen LogP) is 6.52. The number of carboxylic acid groups (broad SMARTS) is 1. The van der Waals surface area contributed by atoms with Crippen LogP contribution < -0.4 is 9.64 Å². The number of hydrogen-bond donors (Lipinski definition) is 1. The van der Waals surface area contributed by atoms with Crippen LogP contribution >= 0.6 is 0 Å². The Hall–Kier alpha value is -3.41. The molecule has 37 heavy (non-hydrogen) atoms. The van der Waals surface area contributed by atoms with Gasteiger partial charge < -0.3 is 14.7 Å². The molecule has 0 unspecified atom stereocenters. The number of benzene rings is 2. The fourth-order valence-corrected chi connectivity index (χ4v) is 6.24. The minimum absolute atomic E-state index is 0.0322. The molecule has 5 rings (SSSR count). The van der Waals surface area contributed by atoms with Crippen LogP contribution in [0.3, 0.4) is 0 Å². The standard InChI is InChI=1S/C31H35FN2O3/c1-21-27(19-28(35)36)30(34-17-16-31(20-34)14-3-4-15-31)29(22(2)33-21)24-7-11-26(12-8-24)37-18-13-23-5-9-25(32)10-6-23/h5-12H,3-4,13-20H2,1-2H3,(H,35,36). The molecule has 1 N–H and O–H groups in total. The van der Waals surface area contributed by atoms with E-state index in [1.54, 1.807) is 12.1 Å². The van der Waals surface area contributed by atoms with Gasteiger partial charge in [-0.05, 0) is 73.9 Å². The lowest BCUT2D eigenvalue weighted by atomic mass is 9.85. The van der Waals surface area contributed by atoms with E-state index < -0.39 is 5.97 Å². The number of rotatable bonds is 8. The van der Waals surface area contributed by atoms with Gasteiger partial charge in [0.2, 0.25) is 0 Å². The first kappa shape index (κ1) is 25.2. The maximum absolute atomic E-state index is 13.1. The van der Waals surface area contributed by atoms with Crippen molar-refractivity contribution in [2.45, 2.75) is 58.8 Å². The van der Waals surface area contributed by atoms with Crippen LogP contribution in [-0.4, -0.2) is 35.8 Å². The summed E-state index contributed by atoms with van der Waals surface area (Å²) < 4.78 is 19.1. The second-order valence-corrected chi connectivity index (χ2v) is 10.7. The maximum Gasteiger partial charge on any atom is 0.307 e. The molecule has 6 heteroatoms. The topological polar surface area (TPSA) is 62.7 Å². The second-order valence-electron chi connectivity index (χ2n) is 10.7. The van der Waals surface area contributed by atoms with Crippen molar-refractivity contribution in [3.8, 4) is 16.9 Å². The van der Waals surface area contributed by atoms with Gasteiger partial charge in [0, 0.05) is 42.0 Å². The lowest BCUT2D eigenvalue weighted by Gasteiger charge is -2.29. The van der Waals surface area contributed by atoms with Crippen molar-refractivity contribution in [1.29, 1.82) is 0 Å². The number of halogens is 1. The number of aryl methyl sites for hydroxylation is 2. The van der Waals surface area contributed by atoms with Crippen molar-refractivity contribution in [1.82, 2.24) is 4.98 Å². The van der Waals surface area contributed by atoms with Crippen LogP contribution in [0.1, 0.15) is 54.6 Å². The van der Waals surface area contributed by atoms with Gasteiger partial charge in [0.15, 0.2) is 0 Å². The van der Waals surface area contributed by atoms with Gasteiger partial charge >= 0.3 is 5.97 Å². The molecule has 3 aromatic rings. The van der Waals surface area contributed by atoms with E-state index in [4.69, 9.17) is 9.72 Å². The monoisotopic (exact) mass is 502 g/mol. The van der Waals surface area contributed by atoms with E-state index in [0.29, 0.717) is 18.4 Å². The predicted molar refractivity (Wildman–Crippen MR) is 144 cm³/mol. The molecular weight excluding hydrogens is 467 g/mol. The molecule has 1 aliphatic heterocycles. The number of aliphatic carboxylic acids is 1. The Morgan fingerprint density at radius 1 is 1.03 bits per heavy atom. The summed E-state index contributed by atoms with van der Waals surface area (Å²) in [6.07, 6.45) is 6.94. The quantitative estimate of drug-likeness (QED) is 0.380. The minimum atomic E-state index is -0.833. The summed E-state index contributed by atoms with van der Waals surface area (Å²) in [4.78, 5) is 19.1. The fraction of sp³-hybridized carbons (Fsp3) is 0.419. The van der Waals surface area contributed by atoms with E-state index in [0.717, 1.165) is 58.2 Å². The number of anilines is 1. The summed E-state index contributed by atoms with van der Waals surface area (Å²) in [7, 11) is 0. The zero-order valence-electron chi connectivity index (χ0n) is 21.7. The van der Waals surface area contributed by atoms with Gasteiger partial charge in [0.05, 0.1) is 18.7 Å². The van der Waals surface area contributed by atoms with Gasteiger partial charge in [-0.1, -0.05) is 37.1 Å². The highest BCUT2D eigenvalue weighted by Crippen LogP contribution is 2.49. The van der Waals surface area contributed by atoms with E-state index in [1.807, 2.05) is 38.1 Å². The lowest BCUT2D eigenvalue weighted by Crippen LogP contribution is -2.27. The highest BCUT2D eigenvalue weighted by atomic mass is 19.1. The molecule has 2 fully saturated rings. The third kappa shape index (κ3) is 5.48. The maximum atomic E-state index is 13.1. The molecule has 2 aliphatic rings. The second kappa shape index (κ2) is 10.5. The van der Waals surface area contributed by atoms with Crippen LogP contribution in [0.2, 0.25) is 0 Å². The van der Waals surface area contributed by atoms with Crippen LogP contribution in [0.25, 0.3) is 11.1 Å². The highest BCUT2D eigenvalue weighted by molar-refractivity contribution is 5.86. The smallest absolute Gasteiger partial charge is 0.307 e. The van der Waals surface area contributed by atoms with E-state index in [1.165, 1.54) is 44.2 Å². The van der Waals surface area contributed by atoms with Crippen LogP contribution in [0, 0.1) is 25.1 Å². The molecular formula is C31H35FN2O3. The van der Waals surface area contributed by atoms with Gasteiger partial charge in [-0.3, -0.25) is 9.78 Å². The Kier molecular flexibility index (Phi) is 7.18. The first-order valence-electron chi connectivity index (χ1n) is 13.3. The molecule has 0 bridgehead atoms. The van der Waals surface area contributed by atoms with Crippen LogP contribution in [0.15, 0.2) is 48.5 Å². The average molecular weight is 503 g/mol. The van der Waals surface area contributed by atoms with Gasteiger partial charge in [-0.15, -0.1) is 0 Å². The SMILES string of the molecule is Cc1nc(C)c(-c2ccc(OCCc3ccc(F)cc3)cc2)c(N2CCC3(CCCC3)C2)c1CC(=O)O. The zero-order chi connectivity index (χ0) is 26.0. The Labute approximate surface area is 218 Å². The summed E-state index contributed by atoms with van der Waals surface area (Å²) in [5.41, 5.74) is 7.01. The van der Waals surface area contributed by atoms with Crippen molar-refractivity contribution in [3.63, 3.8) is 0 Å². The van der Waals surface area contributed by atoms with Crippen LogP contribution in [-0.2, 0) is 17.6 Å². The Morgan fingerprint density at radius 2 is 1.73 bits per heavy atom. The molecule has 0 atom stereocenters. The summed E-state index contributed by atoms with van der Waals surface area (Å²) >= 11 is 0. The third-order valence-electron chi connectivity index (χ3n) is 8.12. The number of pyridine rings is 1. The zero-order valence-corrected chi connectivity index (χ0v) is 21.7. The first-order chi connectivity index (χ1) is 17.8. The van der Waals surface area contributed by atoms with Gasteiger partial charge in [0.25, 0.3) is 0 Å².